The van der Waals surface area contributed by atoms with Crippen LogP contribution in [0.4, 0.5) is 0 Å². The summed E-state index contributed by atoms with van der Waals surface area (Å²) in [6.07, 6.45) is -11.1. The number of hydrogen-bond acceptors (Lipinski definition) is 14. The molecule has 1 aliphatic heterocycles. The summed E-state index contributed by atoms with van der Waals surface area (Å²) in [7, 11) is 0. The largest absolute Gasteiger partial charge is 0.394 e. The van der Waals surface area contributed by atoms with E-state index in [4.69, 9.17) is 15.6 Å². The van der Waals surface area contributed by atoms with Crippen LogP contribution in [0, 0.1) is 0 Å². The van der Waals surface area contributed by atoms with Crippen LogP contribution >= 0.6 is 0 Å². The molecule has 1 aliphatic rings. The normalized spacial score (nSPS) is 30.9. The number of Topliss-reactive ketones (excluding diaryl/α,β-unsaturated/α-hetero) is 2. The second-order valence-electron chi connectivity index (χ2n) is 7.84. The fourth-order valence-electron chi connectivity index (χ4n) is 3.71. The van der Waals surface area contributed by atoms with Crippen molar-refractivity contribution in [2.24, 2.45) is 5.73 Å². The second kappa shape index (κ2) is 10.6. The average molecular weight is 479 g/mol. The zero-order valence-electron chi connectivity index (χ0n) is 17.3. The third kappa shape index (κ3) is 4.71. The molecule has 0 saturated carbocycles. The van der Waals surface area contributed by atoms with E-state index in [-0.39, 0.29) is 12.1 Å². The van der Waals surface area contributed by atoms with Gasteiger partial charge in [0.05, 0.1) is 37.9 Å². The zero-order valence-corrected chi connectivity index (χ0v) is 17.3. The van der Waals surface area contributed by atoms with E-state index < -0.39 is 85.3 Å². The lowest BCUT2D eigenvalue weighted by atomic mass is 9.72. The summed E-state index contributed by atoms with van der Waals surface area (Å²) < 4.78 is 5.11. The molecule has 0 aliphatic carbocycles. The topological polar surface area (TPSA) is 280 Å². The number of carbonyl (C=O) groups excluding carboxylic acids is 2. The maximum absolute atomic E-state index is 13.4. The molecule has 9 atom stereocenters. The van der Waals surface area contributed by atoms with Gasteiger partial charge in [0.15, 0.2) is 11.4 Å². The van der Waals surface area contributed by atoms with E-state index in [0.29, 0.717) is 0 Å². The number of nitrogens with two attached hydrogens (primary N) is 1. The zero-order chi connectivity index (χ0) is 25.1. The Balaban J connectivity index is 2.55. The lowest BCUT2D eigenvalue weighted by Gasteiger charge is -2.41. The van der Waals surface area contributed by atoms with Crippen molar-refractivity contribution in [1.29, 1.82) is 0 Å². The number of rotatable bonds is 12. The third-order valence-corrected chi connectivity index (χ3v) is 5.72. The Hall–Kier alpha value is -1.89. The molecule has 15 heteroatoms. The molecule has 188 valence electrons. The first-order chi connectivity index (χ1) is 15.4. The van der Waals surface area contributed by atoms with Crippen molar-refractivity contribution in [3.63, 3.8) is 0 Å². The number of ether oxygens (including phenoxy) is 1. The number of imidazole rings is 1. The summed E-state index contributed by atoms with van der Waals surface area (Å²) >= 11 is 0. The number of aliphatic hydroxyl groups excluding tert-OH is 8. The van der Waals surface area contributed by atoms with Crippen LogP contribution < -0.4 is 5.73 Å². The van der Waals surface area contributed by atoms with E-state index in [0.717, 1.165) is 0 Å². The monoisotopic (exact) mass is 479 g/mol. The summed E-state index contributed by atoms with van der Waals surface area (Å²) in [5.41, 5.74) is -0.648. The Bertz CT molecular complexity index is 810. The first kappa shape index (κ1) is 27.4. The molecule has 15 nitrogen and oxygen atoms in total. The fourth-order valence-corrected chi connectivity index (χ4v) is 3.71. The van der Waals surface area contributed by atoms with Crippen molar-refractivity contribution < 1.29 is 60.3 Å². The minimum absolute atomic E-state index is 0.209. The van der Waals surface area contributed by atoms with Crippen LogP contribution in [0.25, 0.3) is 0 Å². The van der Waals surface area contributed by atoms with Crippen LogP contribution in [-0.2, 0) is 20.7 Å². The molecule has 0 aromatic carbocycles. The van der Waals surface area contributed by atoms with Gasteiger partial charge in [0, 0.05) is 12.6 Å². The summed E-state index contributed by atoms with van der Waals surface area (Å²) in [6.45, 7) is -3.52. The standard InChI is InChI=1S/C18H29N3O12/c19-8(1-7-2-20-6-21-7)13(28)18(32,15(30)11(26)9(25)3-22)16(31)17(5-24)14(29)12(27)10(4-23)33-17/h2,6,8-12,14-15,22-27,29-30,32H,1,3-5,19H2,(H,20,21)/t8?,9?,10-,11?,12-,14+,15?,17?,18?/m1/s1. The summed E-state index contributed by atoms with van der Waals surface area (Å²) in [6, 6.07) is -1.75. The van der Waals surface area contributed by atoms with Crippen molar-refractivity contribution in [3.8, 4) is 0 Å². The summed E-state index contributed by atoms with van der Waals surface area (Å²) in [5.74, 6) is -3.52. The van der Waals surface area contributed by atoms with Gasteiger partial charge in [-0.15, -0.1) is 0 Å². The highest BCUT2D eigenvalue weighted by molar-refractivity contribution is 6.16. The number of nitrogens with one attached hydrogen (secondary N) is 1. The van der Waals surface area contributed by atoms with Crippen molar-refractivity contribution in [2.75, 3.05) is 19.8 Å². The third-order valence-electron chi connectivity index (χ3n) is 5.72. The highest BCUT2D eigenvalue weighted by Crippen LogP contribution is 2.37. The average Bonchev–Trinajstić information content (AvgIpc) is 3.42. The van der Waals surface area contributed by atoms with Gasteiger partial charge in [-0.3, -0.25) is 9.59 Å². The van der Waals surface area contributed by atoms with Crippen LogP contribution in [-0.4, -0.2) is 141 Å². The van der Waals surface area contributed by atoms with Gasteiger partial charge >= 0.3 is 0 Å². The fraction of sp³-hybridized carbons (Fsp3) is 0.722. The lowest BCUT2D eigenvalue weighted by molar-refractivity contribution is -0.203. The molecule has 1 aromatic heterocycles. The van der Waals surface area contributed by atoms with Crippen LogP contribution in [0.2, 0.25) is 0 Å². The van der Waals surface area contributed by atoms with E-state index >= 15 is 0 Å². The smallest absolute Gasteiger partial charge is 0.214 e. The predicted octanol–water partition coefficient (Wildman–Crippen LogP) is -6.93. The van der Waals surface area contributed by atoms with Gasteiger partial charge in [0.2, 0.25) is 11.4 Å². The minimum atomic E-state index is -3.72. The molecule has 0 amide bonds. The van der Waals surface area contributed by atoms with Crippen LogP contribution in [0.1, 0.15) is 5.69 Å². The maximum atomic E-state index is 13.4. The van der Waals surface area contributed by atoms with Gasteiger partial charge in [0.25, 0.3) is 0 Å². The first-order valence-electron chi connectivity index (χ1n) is 9.87. The van der Waals surface area contributed by atoms with Gasteiger partial charge in [-0.05, 0) is 0 Å². The van der Waals surface area contributed by atoms with Gasteiger partial charge in [-0.2, -0.15) is 0 Å². The molecule has 0 bridgehead atoms. The number of aromatic nitrogens is 2. The summed E-state index contributed by atoms with van der Waals surface area (Å²) in [5, 5.41) is 90.2. The molecule has 6 unspecified atom stereocenters. The Kier molecular flexibility index (Phi) is 8.77. The number of aliphatic hydroxyl groups is 9. The Morgan fingerprint density at radius 1 is 1.24 bits per heavy atom. The van der Waals surface area contributed by atoms with E-state index in [9.17, 15) is 50.4 Å². The van der Waals surface area contributed by atoms with Crippen molar-refractivity contribution >= 4 is 11.6 Å². The summed E-state index contributed by atoms with van der Waals surface area (Å²) in [4.78, 5) is 33.0. The van der Waals surface area contributed by atoms with E-state index in [2.05, 4.69) is 9.97 Å². The molecule has 2 rings (SSSR count). The Labute approximate surface area is 186 Å². The van der Waals surface area contributed by atoms with E-state index in [1.807, 2.05) is 0 Å². The molecule has 2 heterocycles. The quantitative estimate of drug-likeness (QED) is 0.124. The SMILES string of the molecule is NC(Cc1c[nH]cn1)C(=O)C(O)(C(=O)C1(CO)O[C@H](CO)[C@@H](O)[C@@H]1O)C(O)C(O)C(O)CO. The van der Waals surface area contributed by atoms with Crippen molar-refractivity contribution in [3.05, 3.63) is 18.2 Å². The number of aromatic amines is 1. The molecular formula is C18H29N3O12. The highest BCUT2D eigenvalue weighted by Gasteiger charge is 2.67. The molecule has 1 saturated heterocycles. The first-order valence-corrected chi connectivity index (χ1v) is 9.87. The Morgan fingerprint density at radius 3 is 2.33 bits per heavy atom. The van der Waals surface area contributed by atoms with Gasteiger partial charge in [-0.25, -0.2) is 4.98 Å². The van der Waals surface area contributed by atoms with E-state index in [1.165, 1.54) is 12.5 Å². The van der Waals surface area contributed by atoms with Crippen LogP contribution in [0.15, 0.2) is 12.5 Å². The van der Waals surface area contributed by atoms with Crippen molar-refractivity contribution in [1.82, 2.24) is 9.97 Å². The molecule has 33 heavy (non-hydrogen) atoms. The number of H-pyrrole nitrogens is 1. The number of hydrogen-bond donors (Lipinski definition) is 11. The highest BCUT2D eigenvalue weighted by atomic mass is 16.6. The van der Waals surface area contributed by atoms with Crippen molar-refractivity contribution in [2.45, 2.75) is 60.3 Å². The lowest BCUT2D eigenvalue weighted by Crippen LogP contribution is -2.72. The molecule has 0 radical (unpaired) electrons. The minimum Gasteiger partial charge on any atom is -0.394 e. The molecular weight excluding hydrogens is 450 g/mol. The van der Waals surface area contributed by atoms with Gasteiger partial charge in [0.1, 0.15) is 36.6 Å². The van der Waals surface area contributed by atoms with Gasteiger partial charge in [-0.1, -0.05) is 0 Å². The molecule has 1 aromatic rings. The van der Waals surface area contributed by atoms with Gasteiger partial charge < -0.3 is 61.4 Å². The molecule has 0 spiro atoms. The van der Waals surface area contributed by atoms with Crippen LogP contribution in [0.3, 0.4) is 0 Å². The number of ketones is 2. The van der Waals surface area contributed by atoms with E-state index in [1.54, 1.807) is 0 Å². The Morgan fingerprint density at radius 2 is 1.88 bits per heavy atom. The predicted molar refractivity (Wildman–Crippen MR) is 104 cm³/mol. The number of nitrogens with zero attached hydrogens (tertiary/aromatic N) is 1. The molecule has 12 N–H and O–H groups in total. The number of carbonyl (C=O) groups is 2. The molecule has 1 fully saturated rings. The second-order valence-corrected chi connectivity index (χ2v) is 7.84. The maximum Gasteiger partial charge on any atom is 0.214 e. The van der Waals surface area contributed by atoms with Crippen LogP contribution in [0.5, 0.6) is 0 Å².